The van der Waals surface area contributed by atoms with Crippen LogP contribution in [0.25, 0.3) is 0 Å². The first-order valence-electron chi connectivity index (χ1n) is 7.40. The zero-order valence-electron chi connectivity index (χ0n) is 12.8. The Hall–Kier alpha value is -0.770. The minimum absolute atomic E-state index is 0.125. The van der Waals surface area contributed by atoms with Gasteiger partial charge in [0.05, 0.1) is 0 Å². The second-order valence-corrected chi connectivity index (χ2v) is 6.62. The maximum atomic E-state index is 6.37. The van der Waals surface area contributed by atoms with Crippen molar-refractivity contribution in [2.24, 2.45) is 11.7 Å². The van der Waals surface area contributed by atoms with Crippen molar-refractivity contribution in [3.8, 4) is 0 Å². The van der Waals surface area contributed by atoms with Crippen LogP contribution in [0.3, 0.4) is 0 Å². The molecule has 2 rings (SSSR count). The first kappa shape index (κ1) is 15.6. The Labute approximate surface area is 127 Å². The van der Waals surface area contributed by atoms with Gasteiger partial charge in [0.25, 0.3) is 0 Å². The van der Waals surface area contributed by atoms with Gasteiger partial charge in [-0.2, -0.15) is 0 Å². The third-order valence-corrected chi connectivity index (χ3v) is 4.41. The minimum atomic E-state index is 0.125. The molecule has 0 amide bonds. The van der Waals surface area contributed by atoms with Crippen molar-refractivity contribution in [2.45, 2.75) is 25.8 Å². The summed E-state index contributed by atoms with van der Waals surface area (Å²) in [7, 11) is 4.36. The highest BCUT2D eigenvalue weighted by Crippen LogP contribution is 2.29. The predicted molar refractivity (Wildman–Crippen MR) is 87.7 cm³/mol. The van der Waals surface area contributed by atoms with Crippen LogP contribution < -0.4 is 10.6 Å². The lowest BCUT2D eigenvalue weighted by Gasteiger charge is -2.26. The topological polar surface area (TPSA) is 32.5 Å². The molecule has 0 spiro atoms. The van der Waals surface area contributed by atoms with Crippen molar-refractivity contribution in [1.29, 1.82) is 0 Å². The van der Waals surface area contributed by atoms with Crippen molar-refractivity contribution in [3.63, 3.8) is 0 Å². The number of hydrogen-bond donors (Lipinski definition) is 1. The normalized spacial score (nSPS) is 21.1. The van der Waals surface area contributed by atoms with Gasteiger partial charge >= 0.3 is 0 Å². The van der Waals surface area contributed by atoms with Gasteiger partial charge in [0.1, 0.15) is 0 Å². The van der Waals surface area contributed by atoms with Crippen LogP contribution >= 0.6 is 11.6 Å². The lowest BCUT2D eigenvalue weighted by atomic mass is 10.0. The van der Waals surface area contributed by atoms with Crippen LogP contribution in [0.15, 0.2) is 18.2 Å². The van der Waals surface area contributed by atoms with Gasteiger partial charge in [0.15, 0.2) is 0 Å². The maximum Gasteiger partial charge on any atom is 0.0459 e. The number of rotatable bonds is 5. The third-order valence-electron chi connectivity index (χ3n) is 4.05. The fraction of sp³-hybridized carbons (Fsp3) is 0.625. The van der Waals surface area contributed by atoms with Gasteiger partial charge in [0, 0.05) is 36.9 Å². The Kier molecular flexibility index (Phi) is 5.30. The second-order valence-electron chi connectivity index (χ2n) is 6.22. The van der Waals surface area contributed by atoms with E-state index in [9.17, 15) is 0 Å². The van der Waals surface area contributed by atoms with Crippen LogP contribution in [-0.2, 0) is 6.42 Å². The molecular weight excluding hydrogens is 270 g/mol. The number of likely N-dealkylation sites (tertiary alicyclic amines) is 1. The average Bonchev–Trinajstić information content (AvgIpc) is 2.76. The largest absolute Gasteiger partial charge is 0.374 e. The van der Waals surface area contributed by atoms with Gasteiger partial charge in [-0.15, -0.1) is 0 Å². The first-order chi connectivity index (χ1) is 9.47. The van der Waals surface area contributed by atoms with E-state index < -0.39 is 0 Å². The van der Waals surface area contributed by atoms with Crippen LogP contribution in [-0.4, -0.2) is 44.7 Å². The van der Waals surface area contributed by atoms with Gasteiger partial charge in [-0.1, -0.05) is 17.7 Å². The van der Waals surface area contributed by atoms with Gasteiger partial charge in [-0.05, 0) is 57.0 Å². The van der Waals surface area contributed by atoms with Gasteiger partial charge < -0.3 is 15.5 Å². The number of nitrogens with zero attached hydrogens (tertiary/aromatic N) is 2. The minimum Gasteiger partial charge on any atom is -0.374 e. The Bertz CT molecular complexity index is 447. The van der Waals surface area contributed by atoms with Crippen LogP contribution in [0.5, 0.6) is 0 Å². The van der Waals surface area contributed by atoms with Crippen LogP contribution in [0.4, 0.5) is 5.69 Å². The standard InChI is InChI=1S/C16H26ClN3/c1-12(18)9-14-15(17)5-4-6-16(14)20(3)11-13-7-8-19(2)10-13/h4-6,12-13H,7-11,18H2,1-3H3. The zero-order chi connectivity index (χ0) is 14.7. The van der Waals surface area contributed by atoms with E-state index in [-0.39, 0.29) is 6.04 Å². The van der Waals surface area contributed by atoms with Gasteiger partial charge in [-0.25, -0.2) is 0 Å². The molecule has 1 aliphatic rings. The van der Waals surface area contributed by atoms with E-state index >= 15 is 0 Å². The smallest absolute Gasteiger partial charge is 0.0459 e. The molecule has 1 aromatic carbocycles. The molecule has 1 fully saturated rings. The molecule has 4 heteroatoms. The van der Waals surface area contributed by atoms with Gasteiger partial charge in [-0.3, -0.25) is 0 Å². The zero-order valence-corrected chi connectivity index (χ0v) is 13.5. The van der Waals surface area contributed by atoms with E-state index in [2.05, 4.69) is 30.0 Å². The Morgan fingerprint density at radius 3 is 2.85 bits per heavy atom. The highest BCUT2D eigenvalue weighted by Gasteiger charge is 2.22. The summed E-state index contributed by atoms with van der Waals surface area (Å²) in [6.07, 6.45) is 2.11. The molecule has 112 valence electrons. The van der Waals surface area contributed by atoms with E-state index in [0.29, 0.717) is 0 Å². The number of nitrogens with two attached hydrogens (primary N) is 1. The van der Waals surface area contributed by atoms with Crippen molar-refractivity contribution >= 4 is 17.3 Å². The Balaban J connectivity index is 2.12. The number of hydrogen-bond acceptors (Lipinski definition) is 3. The van der Waals surface area contributed by atoms with Crippen molar-refractivity contribution in [2.75, 3.05) is 38.6 Å². The monoisotopic (exact) mass is 295 g/mol. The summed E-state index contributed by atoms with van der Waals surface area (Å²) in [5.74, 6) is 0.743. The van der Waals surface area contributed by atoms with E-state index in [1.165, 1.54) is 30.8 Å². The van der Waals surface area contributed by atoms with E-state index in [4.69, 9.17) is 17.3 Å². The molecule has 0 saturated carbocycles. The lowest BCUT2D eigenvalue weighted by Crippen LogP contribution is -2.29. The summed E-state index contributed by atoms with van der Waals surface area (Å²) >= 11 is 6.37. The summed E-state index contributed by atoms with van der Waals surface area (Å²) in [5, 5.41) is 0.829. The summed E-state index contributed by atoms with van der Waals surface area (Å²) in [6.45, 7) is 5.50. The van der Waals surface area contributed by atoms with E-state index in [1.807, 2.05) is 19.1 Å². The van der Waals surface area contributed by atoms with Crippen LogP contribution in [0.2, 0.25) is 5.02 Å². The number of benzene rings is 1. The fourth-order valence-corrected chi connectivity index (χ4v) is 3.34. The molecule has 1 aromatic rings. The maximum absolute atomic E-state index is 6.37. The molecule has 20 heavy (non-hydrogen) atoms. The molecule has 2 atom stereocenters. The molecule has 1 heterocycles. The lowest BCUT2D eigenvalue weighted by molar-refractivity contribution is 0.396. The third kappa shape index (κ3) is 3.87. The number of anilines is 1. The van der Waals surface area contributed by atoms with Crippen LogP contribution in [0.1, 0.15) is 18.9 Å². The summed E-state index contributed by atoms with van der Waals surface area (Å²) in [5.41, 5.74) is 8.37. The summed E-state index contributed by atoms with van der Waals surface area (Å²) < 4.78 is 0. The Morgan fingerprint density at radius 2 is 2.25 bits per heavy atom. The van der Waals surface area contributed by atoms with Crippen molar-refractivity contribution in [3.05, 3.63) is 28.8 Å². The predicted octanol–water partition coefficient (Wildman–Crippen LogP) is 2.62. The molecule has 3 nitrogen and oxygen atoms in total. The molecule has 0 radical (unpaired) electrons. The summed E-state index contributed by atoms with van der Waals surface area (Å²) in [6, 6.07) is 6.27. The molecule has 0 aliphatic carbocycles. The SMILES string of the molecule is CC(N)Cc1c(Cl)cccc1N(C)CC1CCN(C)C1. The van der Waals surface area contributed by atoms with Crippen molar-refractivity contribution < 1.29 is 0 Å². The molecule has 0 bridgehead atoms. The highest BCUT2D eigenvalue weighted by atomic mass is 35.5. The van der Waals surface area contributed by atoms with Gasteiger partial charge in [0.2, 0.25) is 0 Å². The molecule has 1 saturated heterocycles. The van der Waals surface area contributed by atoms with E-state index in [1.54, 1.807) is 0 Å². The molecular formula is C16H26ClN3. The molecule has 0 aromatic heterocycles. The van der Waals surface area contributed by atoms with Crippen LogP contribution in [0, 0.1) is 5.92 Å². The molecule has 1 aliphatic heterocycles. The van der Waals surface area contributed by atoms with Crippen molar-refractivity contribution in [1.82, 2.24) is 4.90 Å². The van der Waals surface area contributed by atoms with E-state index in [0.717, 1.165) is 23.9 Å². The molecule has 2 unspecified atom stereocenters. The Morgan fingerprint density at radius 1 is 1.50 bits per heavy atom. The number of halogens is 1. The highest BCUT2D eigenvalue weighted by molar-refractivity contribution is 6.31. The quantitative estimate of drug-likeness (QED) is 0.906. The average molecular weight is 296 g/mol. The summed E-state index contributed by atoms with van der Waals surface area (Å²) in [4.78, 5) is 4.74. The molecule has 2 N–H and O–H groups in total. The first-order valence-corrected chi connectivity index (χ1v) is 7.77. The fourth-order valence-electron chi connectivity index (χ4n) is 3.09. The second kappa shape index (κ2) is 6.79.